The van der Waals surface area contributed by atoms with Crippen LogP contribution in [0.25, 0.3) is 11.3 Å². The maximum absolute atomic E-state index is 12.4. The molecule has 7 heteroatoms. The van der Waals surface area contributed by atoms with E-state index in [9.17, 15) is 4.79 Å². The Kier molecular flexibility index (Phi) is 5.86. The van der Waals surface area contributed by atoms with Crippen molar-refractivity contribution >= 4 is 11.7 Å². The molecule has 150 valence electrons. The fraction of sp³-hybridized carbons (Fsp3) is 0.318. The van der Waals surface area contributed by atoms with Gasteiger partial charge in [-0.05, 0) is 30.3 Å². The molecule has 0 spiro atoms. The summed E-state index contributed by atoms with van der Waals surface area (Å²) >= 11 is 0. The molecule has 1 aliphatic heterocycles. The molecule has 1 aliphatic rings. The number of anilines is 1. The van der Waals surface area contributed by atoms with Crippen LogP contribution in [0.4, 0.5) is 5.82 Å². The van der Waals surface area contributed by atoms with Crippen LogP contribution in [0.15, 0.2) is 59.6 Å². The molecule has 2 aromatic heterocycles. The van der Waals surface area contributed by atoms with Crippen molar-refractivity contribution in [3.63, 3.8) is 0 Å². The first-order valence-electron chi connectivity index (χ1n) is 9.92. The molecule has 4 rings (SSSR count). The number of hydrogen-bond acceptors (Lipinski definition) is 6. The minimum absolute atomic E-state index is 0.117. The average molecular weight is 391 g/mol. The highest BCUT2D eigenvalue weighted by Crippen LogP contribution is 2.19. The number of nitrogens with zero attached hydrogens (tertiary/aromatic N) is 4. The number of rotatable bonds is 6. The number of nitrogens with one attached hydrogen (secondary N) is 1. The summed E-state index contributed by atoms with van der Waals surface area (Å²) in [6.45, 7) is 7.89. The minimum Gasteiger partial charge on any atom is -0.444 e. The molecule has 0 radical (unpaired) electrons. The number of hydrogen-bond donors (Lipinski definition) is 1. The van der Waals surface area contributed by atoms with Crippen LogP contribution in [0.3, 0.4) is 0 Å². The average Bonchev–Trinajstić information content (AvgIpc) is 3.33. The number of likely N-dealkylation sites (N-methyl/N-ethyl adjacent to an activating group) is 1. The molecule has 0 saturated carbocycles. The van der Waals surface area contributed by atoms with E-state index in [1.54, 1.807) is 18.3 Å². The number of benzene rings is 1. The molecular formula is C22H25N5O2. The quantitative estimate of drug-likeness (QED) is 0.697. The van der Waals surface area contributed by atoms with Crippen molar-refractivity contribution in [2.75, 3.05) is 37.6 Å². The number of aromatic nitrogens is 2. The fourth-order valence-electron chi connectivity index (χ4n) is 3.43. The van der Waals surface area contributed by atoms with Crippen LogP contribution in [-0.4, -0.2) is 53.5 Å². The lowest BCUT2D eigenvalue weighted by atomic mass is 10.1. The lowest BCUT2D eigenvalue weighted by Crippen LogP contribution is -2.46. The Morgan fingerprint density at radius 1 is 1.07 bits per heavy atom. The van der Waals surface area contributed by atoms with Crippen molar-refractivity contribution in [1.29, 1.82) is 0 Å². The van der Waals surface area contributed by atoms with Gasteiger partial charge in [-0.2, -0.15) is 0 Å². The van der Waals surface area contributed by atoms with Gasteiger partial charge in [0.25, 0.3) is 5.91 Å². The molecule has 1 saturated heterocycles. The van der Waals surface area contributed by atoms with Gasteiger partial charge in [-0.3, -0.25) is 4.79 Å². The first kappa shape index (κ1) is 19.1. The topological polar surface area (TPSA) is 74.5 Å². The van der Waals surface area contributed by atoms with Gasteiger partial charge in [0.1, 0.15) is 5.82 Å². The van der Waals surface area contributed by atoms with E-state index in [1.807, 2.05) is 30.5 Å². The van der Waals surface area contributed by atoms with E-state index < -0.39 is 0 Å². The highest BCUT2D eigenvalue weighted by molar-refractivity contribution is 5.94. The van der Waals surface area contributed by atoms with Gasteiger partial charge in [-0.25, -0.2) is 9.97 Å². The summed E-state index contributed by atoms with van der Waals surface area (Å²) in [6.07, 6.45) is 4.88. The van der Waals surface area contributed by atoms with Crippen molar-refractivity contribution in [2.45, 2.75) is 13.5 Å². The molecule has 0 atom stereocenters. The Balaban J connectivity index is 1.30. The third-order valence-electron chi connectivity index (χ3n) is 5.27. The summed E-state index contributed by atoms with van der Waals surface area (Å²) in [5, 5.41) is 2.95. The Hall–Kier alpha value is -3.19. The van der Waals surface area contributed by atoms with E-state index in [0.717, 1.165) is 49.7 Å². The van der Waals surface area contributed by atoms with E-state index in [0.29, 0.717) is 17.9 Å². The molecule has 3 aromatic rings. The number of carbonyl (C=O) groups excluding carboxylic acids is 1. The van der Waals surface area contributed by atoms with Crippen molar-refractivity contribution in [2.24, 2.45) is 0 Å². The maximum atomic E-state index is 12.4. The van der Waals surface area contributed by atoms with E-state index >= 15 is 0 Å². The van der Waals surface area contributed by atoms with Gasteiger partial charge in [0.2, 0.25) is 0 Å². The van der Waals surface area contributed by atoms with Gasteiger partial charge >= 0.3 is 0 Å². The predicted octanol–water partition coefficient (Wildman–Crippen LogP) is 2.81. The standard InChI is InChI=1S/C22H25N5O2/c1-2-26-9-11-27(12-10-26)21-8-3-17(13-24-21)14-25-22(28)19-6-4-18(5-7-19)20-15-23-16-29-20/h3-8,13,15-16H,2,9-12,14H2,1H3,(H,25,28). The van der Waals surface area contributed by atoms with E-state index in [2.05, 4.69) is 32.0 Å². The molecule has 1 fully saturated rings. The Morgan fingerprint density at radius 3 is 2.48 bits per heavy atom. The highest BCUT2D eigenvalue weighted by Gasteiger charge is 2.16. The minimum atomic E-state index is -0.117. The molecule has 1 amide bonds. The summed E-state index contributed by atoms with van der Waals surface area (Å²) in [4.78, 5) is 25.7. The molecule has 1 N–H and O–H groups in total. The normalized spacial score (nSPS) is 14.7. The van der Waals surface area contributed by atoms with Crippen LogP contribution < -0.4 is 10.2 Å². The van der Waals surface area contributed by atoms with Crippen molar-refractivity contribution in [3.8, 4) is 11.3 Å². The third-order valence-corrected chi connectivity index (χ3v) is 5.27. The molecule has 7 nitrogen and oxygen atoms in total. The lowest BCUT2D eigenvalue weighted by Gasteiger charge is -2.34. The Labute approximate surface area is 170 Å². The van der Waals surface area contributed by atoms with Gasteiger partial charge < -0.3 is 19.5 Å². The van der Waals surface area contributed by atoms with Crippen LogP contribution in [0.5, 0.6) is 0 Å². The lowest BCUT2D eigenvalue weighted by molar-refractivity contribution is 0.0951. The second-order valence-corrected chi connectivity index (χ2v) is 7.07. The van der Waals surface area contributed by atoms with E-state index in [-0.39, 0.29) is 5.91 Å². The predicted molar refractivity (Wildman–Crippen MR) is 112 cm³/mol. The number of amides is 1. The van der Waals surface area contributed by atoms with Crippen LogP contribution in [0.2, 0.25) is 0 Å². The van der Waals surface area contributed by atoms with Gasteiger partial charge in [0.05, 0.1) is 6.20 Å². The van der Waals surface area contributed by atoms with Crippen LogP contribution >= 0.6 is 0 Å². The molecule has 3 heterocycles. The van der Waals surface area contributed by atoms with Gasteiger partial charge in [-0.1, -0.05) is 25.1 Å². The molecule has 1 aromatic carbocycles. The molecular weight excluding hydrogens is 366 g/mol. The largest absolute Gasteiger partial charge is 0.444 e. The maximum Gasteiger partial charge on any atom is 0.251 e. The monoisotopic (exact) mass is 391 g/mol. The van der Waals surface area contributed by atoms with E-state index in [1.165, 1.54) is 6.39 Å². The van der Waals surface area contributed by atoms with Crippen LogP contribution in [-0.2, 0) is 6.54 Å². The summed E-state index contributed by atoms with van der Waals surface area (Å²) in [6, 6.07) is 11.3. The van der Waals surface area contributed by atoms with Gasteiger partial charge in [-0.15, -0.1) is 0 Å². The Bertz CT molecular complexity index is 915. The third kappa shape index (κ3) is 4.63. The summed E-state index contributed by atoms with van der Waals surface area (Å²) in [7, 11) is 0. The zero-order chi connectivity index (χ0) is 20.1. The SMILES string of the molecule is CCN1CCN(c2ccc(CNC(=O)c3ccc(-c4cnco4)cc3)cn2)CC1. The summed E-state index contributed by atoms with van der Waals surface area (Å²) in [5.74, 6) is 1.56. The van der Waals surface area contributed by atoms with Crippen LogP contribution in [0, 0.1) is 0 Å². The second kappa shape index (κ2) is 8.87. The highest BCUT2D eigenvalue weighted by atomic mass is 16.3. The van der Waals surface area contributed by atoms with Crippen molar-refractivity contribution in [1.82, 2.24) is 20.2 Å². The van der Waals surface area contributed by atoms with Gasteiger partial charge in [0, 0.05) is 50.0 Å². The second-order valence-electron chi connectivity index (χ2n) is 7.07. The van der Waals surface area contributed by atoms with Crippen molar-refractivity contribution < 1.29 is 9.21 Å². The Morgan fingerprint density at radius 2 is 1.86 bits per heavy atom. The number of oxazole rings is 1. The number of pyridine rings is 1. The first-order valence-corrected chi connectivity index (χ1v) is 9.92. The number of piperazine rings is 1. The molecule has 0 aliphatic carbocycles. The summed E-state index contributed by atoms with van der Waals surface area (Å²) in [5.41, 5.74) is 2.47. The number of carbonyl (C=O) groups is 1. The smallest absolute Gasteiger partial charge is 0.251 e. The van der Waals surface area contributed by atoms with Gasteiger partial charge in [0.15, 0.2) is 12.2 Å². The summed E-state index contributed by atoms with van der Waals surface area (Å²) < 4.78 is 5.27. The van der Waals surface area contributed by atoms with E-state index in [4.69, 9.17) is 4.42 Å². The molecule has 29 heavy (non-hydrogen) atoms. The fourth-order valence-corrected chi connectivity index (χ4v) is 3.43. The van der Waals surface area contributed by atoms with Crippen LogP contribution in [0.1, 0.15) is 22.8 Å². The van der Waals surface area contributed by atoms with Crippen molar-refractivity contribution in [3.05, 3.63) is 66.3 Å². The first-order chi connectivity index (χ1) is 14.2. The zero-order valence-electron chi connectivity index (χ0n) is 16.5. The molecule has 0 bridgehead atoms. The molecule has 0 unspecified atom stereocenters. The zero-order valence-corrected chi connectivity index (χ0v) is 16.5.